The van der Waals surface area contributed by atoms with Gasteiger partial charge in [-0.25, -0.2) is 14.7 Å². The van der Waals surface area contributed by atoms with Crippen LogP contribution in [0.5, 0.6) is 0 Å². The molecule has 9 heteroatoms. The molecule has 1 rings (SSSR count). The van der Waals surface area contributed by atoms with Gasteiger partial charge in [-0.05, 0) is 6.92 Å². The van der Waals surface area contributed by atoms with E-state index >= 15 is 0 Å². The van der Waals surface area contributed by atoms with Gasteiger partial charge in [-0.3, -0.25) is 9.36 Å². The van der Waals surface area contributed by atoms with Crippen molar-refractivity contribution in [2.24, 2.45) is 0 Å². The highest BCUT2D eigenvalue weighted by Gasteiger charge is 2.20. The molecule has 1 aromatic heterocycles. The van der Waals surface area contributed by atoms with Crippen LogP contribution < -0.4 is 11.0 Å². The number of carboxylic acid groups (broad SMARTS) is 1. The first-order valence-electron chi connectivity index (χ1n) is 5.23. The van der Waals surface area contributed by atoms with Crippen molar-refractivity contribution in [3.05, 3.63) is 10.5 Å². The Morgan fingerprint density at radius 2 is 2.28 bits per heavy atom. The average molecular weight is 274 g/mol. The minimum absolute atomic E-state index is 0.0964. The summed E-state index contributed by atoms with van der Waals surface area (Å²) in [4.78, 5) is 33.0. The molecule has 1 aromatic rings. The molecule has 0 saturated carbocycles. The Morgan fingerprint density at radius 1 is 1.61 bits per heavy atom. The highest BCUT2D eigenvalue weighted by atomic mass is 32.2. The maximum absolute atomic E-state index is 11.3. The number of aromatic amines is 1. The molecule has 1 amide bonds. The van der Waals surface area contributed by atoms with Gasteiger partial charge in [-0.15, -0.1) is 5.10 Å². The molecule has 0 saturated heterocycles. The summed E-state index contributed by atoms with van der Waals surface area (Å²) in [7, 11) is 0. The summed E-state index contributed by atoms with van der Waals surface area (Å²) in [5.41, 5.74) is -0.341. The number of aliphatic carboxylic acids is 1. The van der Waals surface area contributed by atoms with E-state index in [1.165, 1.54) is 11.5 Å². The van der Waals surface area contributed by atoms with E-state index in [0.717, 1.165) is 11.8 Å². The van der Waals surface area contributed by atoms with Crippen molar-refractivity contribution in [2.45, 2.75) is 31.6 Å². The number of H-pyrrole nitrogens is 1. The van der Waals surface area contributed by atoms with Crippen molar-refractivity contribution in [3.63, 3.8) is 0 Å². The molecule has 8 nitrogen and oxygen atoms in total. The number of nitrogens with zero attached hydrogens (tertiary/aromatic N) is 2. The van der Waals surface area contributed by atoms with Gasteiger partial charge < -0.3 is 10.4 Å². The Morgan fingerprint density at radius 3 is 2.78 bits per heavy atom. The average Bonchev–Trinajstić information content (AvgIpc) is 2.64. The monoisotopic (exact) mass is 274 g/mol. The summed E-state index contributed by atoms with van der Waals surface area (Å²) in [5, 5.41) is 17.7. The number of carboxylic acids is 1. The molecular formula is C9H14N4O4S. The number of carbonyl (C=O) groups excluding carboxylic acids is 1. The minimum Gasteiger partial charge on any atom is -0.480 e. The van der Waals surface area contributed by atoms with Gasteiger partial charge in [0.2, 0.25) is 5.91 Å². The van der Waals surface area contributed by atoms with Crippen LogP contribution in [-0.2, 0) is 16.1 Å². The molecule has 0 spiro atoms. The van der Waals surface area contributed by atoms with Gasteiger partial charge in [-0.2, -0.15) is 0 Å². The molecule has 0 bridgehead atoms. The molecule has 0 aliphatic rings. The third kappa shape index (κ3) is 3.62. The van der Waals surface area contributed by atoms with Crippen LogP contribution in [-0.4, -0.2) is 43.5 Å². The molecule has 0 aromatic carbocycles. The topological polar surface area (TPSA) is 117 Å². The smallest absolute Gasteiger partial charge is 0.343 e. The number of carbonyl (C=O) groups is 2. The predicted molar refractivity (Wildman–Crippen MR) is 64.5 cm³/mol. The number of hydrogen-bond donors (Lipinski definition) is 3. The Kier molecular flexibility index (Phi) is 4.95. The molecule has 0 radical (unpaired) electrons. The van der Waals surface area contributed by atoms with Gasteiger partial charge >= 0.3 is 11.7 Å². The van der Waals surface area contributed by atoms with E-state index < -0.39 is 17.9 Å². The van der Waals surface area contributed by atoms with Crippen LogP contribution in [0, 0.1) is 0 Å². The molecule has 18 heavy (non-hydrogen) atoms. The summed E-state index contributed by atoms with van der Waals surface area (Å²) in [6.45, 7) is 3.47. The van der Waals surface area contributed by atoms with E-state index in [4.69, 9.17) is 5.11 Å². The van der Waals surface area contributed by atoms with E-state index in [9.17, 15) is 14.4 Å². The minimum atomic E-state index is -1.13. The molecule has 1 atom stereocenters. The fourth-order valence-corrected chi connectivity index (χ4v) is 2.29. The lowest BCUT2D eigenvalue weighted by Gasteiger charge is -2.12. The first-order valence-corrected chi connectivity index (χ1v) is 6.22. The standard InChI is InChI=1S/C9H14N4O4S/c1-3-13-8(17)11-12-9(13)18-4-6(7(15)16)10-5(2)14/h6H,3-4H2,1-2H3,(H,10,14)(H,11,17)(H,15,16). The van der Waals surface area contributed by atoms with Crippen molar-refractivity contribution in [1.29, 1.82) is 0 Å². The van der Waals surface area contributed by atoms with Crippen LogP contribution in [0.2, 0.25) is 0 Å². The first kappa shape index (κ1) is 14.3. The zero-order valence-corrected chi connectivity index (χ0v) is 10.8. The second-order valence-electron chi connectivity index (χ2n) is 3.46. The first-order chi connectivity index (χ1) is 8.45. The van der Waals surface area contributed by atoms with Gasteiger partial charge in [0.25, 0.3) is 0 Å². The molecule has 3 N–H and O–H groups in total. The van der Waals surface area contributed by atoms with E-state index in [1.54, 1.807) is 6.92 Å². The van der Waals surface area contributed by atoms with E-state index in [-0.39, 0.29) is 11.4 Å². The van der Waals surface area contributed by atoms with Crippen molar-refractivity contribution in [2.75, 3.05) is 5.75 Å². The van der Waals surface area contributed by atoms with Crippen molar-refractivity contribution in [1.82, 2.24) is 20.1 Å². The quantitative estimate of drug-likeness (QED) is 0.589. The summed E-state index contributed by atoms with van der Waals surface area (Å²) in [5.74, 6) is -1.45. The highest BCUT2D eigenvalue weighted by Crippen LogP contribution is 2.14. The van der Waals surface area contributed by atoms with Gasteiger partial charge in [0.1, 0.15) is 6.04 Å². The Labute approximate surface area is 107 Å². The van der Waals surface area contributed by atoms with Crippen molar-refractivity contribution in [3.8, 4) is 0 Å². The fourth-order valence-electron chi connectivity index (χ4n) is 1.27. The van der Waals surface area contributed by atoms with Gasteiger partial charge in [0, 0.05) is 19.2 Å². The Hall–Kier alpha value is -1.77. The number of nitrogens with one attached hydrogen (secondary N) is 2. The Bertz CT molecular complexity index is 495. The molecule has 100 valence electrons. The lowest BCUT2D eigenvalue weighted by Crippen LogP contribution is -2.41. The highest BCUT2D eigenvalue weighted by molar-refractivity contribution is 7.99. The fraction of sp³-hybridized carbons (Fsp3) is 0.556. The number of amides is 1. The molecular weight excluding hydrogens is 260 g/mol. The van der Waals surface area contributed by atoms with Crippen molar-refractivity contribution < 1.29 is 14.7 Å². The van der Waals surface area contributed by atoms with Crippen LogP contribution in [0.4, 0.5) is 0 Å². The maximum atomic E-state index is 11.3. The largest absolute Gasteiger partial charge is 0.480 e. The summed E-state index contributed by atoms with van der Waals surface area (Å²) in [6.07, 6.45) is 0. The van der Waals surface area contributed by atoms with E-state index in [1.807, 2.05) is 0 Å². The lowest BCUT2D eigenvalue weighted by molar-refractivity contribution is -0.140. The number of hydrogen-bond acceptors (Lipinski definition) is 5. The maximum Gasteiger partial charge on any atom is 0.343 e. The van der Waals surface area contributed by atoms with Gasteiger partial charge in [-0.1, -0.05) is 11.8 Å². The third-order valence-electron chi connectivity index (χ3n) is 2.09. The van der Waals surface area contributed by atoms with Crippen LogP contribution in [0.3, 0.4) is 0 Å². The zero-order valence-electron chi connectivity index (χ0n) is 9.97. The Balaban J connectivity index is 2.69. The number of rotatable bonds is 6. The summed E-state index contributed by atoms with van der Waals surface area (Å²) in [6, 6.07) is -1.01. The molecule has 1 unspecified atom stereocenters. The van der Waals surface area contributed by atoms with E-state index in [0.29, 0.717) is 11.7 Å². The summed E-state index contributed by atoms with van der Waals surface area (Å²) < 4.78 is 1.39. The molecule has 1 heterocycles. The molecule has 0 aliphatic heterocycles. The second-order valence-corrected chi connectivity index (χ2v) is 4.45. The van der Waals surface area contributed by atoms with Gasteiger partial charge in [0.15, 0.2) is 5.16 Å². The van der Waals surface area contributed by atoms with Crippen LogP contribution in [0.25, 0.3) is 0 Å². The second kappa shape index (κ2) is 6.24. The number of thioether (sulfide) groups is 1. The zero-order chi connectivity index (χ0) is 13.7. The SMILES string of the molecule is CCn1c(SCC(NC(C)=O)C(=O)O)n[nH]c1=O. The normalized spacial score (nSPS) is 12.1. The van der Waals surface area contributed by atoms with Crippen LogP contribution in [0.1, 0.15) is 13.8 Å². The molecule has 0 aliphatic carbocycles. The third-order valence-corrected chi connectivity index (χ3v) is 3.16. The van der Waals surface area contributed by atoms with E-state index in [2.05, 4.69) is 15.5 Å². The summed E-state index contributed by atoms with van der Waals surface area (Å²) >= 11 is 1.10. The van der Waals surface area contributed by atoms with Crippen LogP contribution >= 0.6 is 11.8 Å². The van der Waals surface area contributed by atoms with Crippen LogP contribution in [0.15, 0.2) is 9.95 Å². The lowest BCUT2D eigenvalue weighted by atomic mass is 10.3. The number of aromatic nitrogens is 3. The molecule has 0 fully saturated rings. The van der Waals surface area contributed by atoms with Gasteiger partial charge in [0.05, 0.1) is 0 Å². The van der Waals surface area contributed by atoms with Crippen molar-refractivity contribution >= 4 is 23.6 Å². The predicted octanol–water partition coefficient (Wildman–Crippen LogP) is -0.727.